The molecule has 4 heterocycles. The van der Waals surface area contributed by atoms with Crippen molar-refractivity contribution >= 4 is 65.6 Å². The summed E-state index contributed by atoms with van der Waals surface area (Å²) in [4.78, 5) is 15.9. The van der Waals surface area contributed by atoms with Crippen molar-refractivity contribution in [3.63, 3.8) is 0 Å². The Balaban J connectivity index is 1.18. The highest BCUT2D eigenvalue weighted by Crippen LogP contribution is 2.42. The van der Waals surface area contributed by atoms with Gasteiger partial charge >= 0.3 is 0 Å². The minimum atomic E-state index is 0.542. The van der Waals surface area contributed by atoms with Crippen LogP contribution in [0.3, 0.4) is 0 Å². The summed E-state index contributed by atoms with van der Waals surface area (Å²) in [5.74, 6) is 1.69. The Hall–Kier alpha value is -7.83. The molecule has 57 heavy (non-hydrogen) atoms. The van der Waals surface area contributed by atoms with Gasteiger partial charge in [0.2, 0.25) is 5.95 Å². The summed E-state index contributed by atoms with van der Waals surface area (Å²) in [5.41, 5.74) is 11.0. The van der Waals surface area contributed by atoms with Crippen molar-refractivity contribution in [3.8, 4) is 45.5 Å². The second kappa shape index (κ2) is 12.3. The average Bonchev–Trinajstić information content (AvgIpc) is 3.94. The Morgan fingerprint density at radius 3 is 1.75 bits per heavy atom. The molecule has 0 bridgehead atoms. The predicted molar refractivity (Wildman–Crippen MR) is 232 cm³/mol. The summed E-state index contributed by atoms with van der Waals surface area (Å²) in [6.07, 6.45) is 0. The first kappa shape index (κ1) is 31.5. The molecule has 0 saturated heterocycles. The molecule has 0 atom stereocenters. The van der Waals surface area contributed by atoms with Crippen molar-refractivity contribution < 1.29 is 4.42 Å². The van der Waals surface area contributed by atoms with Crippen LogP contribution in [0, 0.1) is 0 Å². The fourth-order valence-electron chi connectivity index (χ4n) is 8.63. The minimum Gasteiger partial charge on any atom is -0.456 e. The maximum Gasteiger partial charge on any atom is 0.238 e. The molecular formula is C51H31N5O. The molecule has 6 heteroatoms. The molecule has 0 unspecified atom stereocenters. The monoisotopic (exact) mass is 729 g/mol. The lowest BCUT2D eigenvalue weighted by Crippen LogP contribution is -2.06. The molecule has 12 aromatic rings. The summed E-state index contributed by atoms with van der Waals surface area (Å²) < 4.78 is 11.0. The molecule has 6 nitrogen and oxygen atoms in total. The molecule has 4 aromatic heterocycles. The molecule has 0 saturated carbocycles. The van der Waals surface area contributed by atoms with Crippen molar-refractivity contribution in [1.82, 2.24) is 24.1 Å². The lowest BCUT2D eigenvalue weighted by atomic mass is 10.0. The molecule has 0 spiro atoms. The average molecular weight is 730 g/mol. The van der Waals surface area contributed by atoms with Crippen LogP contribution in [0.25, 0.3) is 111 Å². The standard InChI is InChI=1S/C51H31N5O/c1-3-14-32(15-4-1)33-16-13-17-34(30-33)49-52-50(35-26-27-39-38-21-9-12-25-45(38)57-46(39)31-35)54-51(53-49)56-42-23-10-7-20-37(42)40-28-29-44-47(48(40)56)41-22-8-11-24-43(41)55(44)36-18-5-2-6-19-36/h1-31H. The van der Waals surface area contributed by atoms with E-state index in [0.717, 1.165) is 93.5 Å². The normalized spacial score (nSPS) is 11.9. The van der Waals surface area contributed by atoms with Crippen LogP contribution in [-0.2, 0) is 0 Å². The zero-order chi connectivity index (χ0) is 37.5. The van der Waals surface area contributed by atoms with E-state index in [2.05, 4.69) is 173 Å². The van der Waals surface area contributed by atoms with Crippen LogP contribution in [0.2, 0.25) is 0 Å². The Bertz CT molecular complexity index is 3520. The molecule has 0 amide bonds. The SMILES string of the molecule is c1ccc(-c2cccc(-c3nc(-c4ccc5c(c4)oc4ccccc45)nc(-n4c5ccccc5c5ccc6c(c7ccccc7n6-c6ccccc6)c54)n3)c2)cc1. The third kappa shape index (κ3) is 4.87. The van der Waals surface area contributed by atoms with Gasteiger partial charge in [-0.2, -0.15) is 9.97 Å². The topological polar surface area (TPSA) is 61.7 Å². The van der Waals surface area contributed by atoms with Crippen molar-refractivity contribution in [3.05, 3.63) is 188 Å². The minimum absolute atomic E-state index is 0.542. The van der Waals surface area contributed by atoms with Crippen LogP contribution in [0.15, 0.2) is 192 Å². The number of benzene rings is 8. The summed E-state index contributed by atoms with van der Waals surface area (Å²) in [5, 5.41) is 6.70. The largest absolute Gasteiger partial charge is 0.456 e. The highest BCUT2D eigenvalue weighted by Gasteiger charge is 2.23. The van der Waals surface area contributed by atoms with E-state index >= 15 is 0 Å². The van der Waals surface area contributed by atoms with Gasteiger partial charge in [0.05, 0.1) is 22.1 Å². The van der Waals surface area contributed by atoms with Gasteiger partial charge in [0.15, 0.2) is 11.6 Å². The number of aromatic nitrogens is 5. The quantitative estimate of drug-likeness (QED) is 0.177. The van der Waals surface area contributed by atoms with Crippen LogP contribution < -0.4 is 0 Å². The van der Waals surface area contributed by atoms with Gasteiger partial charge < -0.3 is 8.98 Å². The highest BCUT2D eigenvalue weighted by atomic mass is 16.3. The summed E-state index contributed by atoms with van der Waals surface area (Å²) in [6.45, 7) is 0. The third-order valence-corrected chi connectivity index (χ3v) is 11.2. The summed E-state index contributed by atoms with van der Waals surface area (Å²) in [7, 11) is 0. The Kier molecular flexibility index (Phi) is 6.83. The van der Waals surface area contributed by atoms with E-state index in [-0.39, 0.29) is 0 Å². The van der Waals surface area contributed by atoms with E-state index in [1.54, 1.807) is 0 Å². The van der Waals surface area contributed by atoms with Crippen LogP contribution in [0.1, 0.15) is 0 Å². The fraction of sp³-hybridized carbons (Fsp3) is 0. The zero-order valence-corrected chi connectivity index (χ0v) is 30.5. The number of rotatable bonds is 5. The van der Waals surface area contributed by atoms with Crippen LogP contribution >= 0.6 is 0 Å². The van der Waals surface area contributed by atoms with E-state index in [9.17, 15) is 0 Å². The Morgan fingerprint density at radius 1 is 0.351 bits per heavy atom. The summed E-state index contributed by atoms with van der Waals surface area (Å²) >= 11 is 0. The molecule has 0 aliphatic heterocycles. The number of fused-ring (bicyclic) bond motifs is 10. The molecular weight excluding hydrogens is 699 g/mol. The summed E-state index contributed by atoms with van der Waals surface area (Å²) in [6, 6.07) is 65.5. The maximum absolute atomic E-state index is 6.36. The lowest BCUT2D eigenvalue weighted by molar-refractivity contribution is 0.669. The van der Waals surface area contributed by atoms with Crippen LogP contribution in [0.4, 0.5) is 0 Å². The van der Waals surface area contributed by atoms with Gasteiger partial charge in [0.25, 0.3) is 0 Å². The van der Waals surface area contributed by atoms with Crippen LogP contribution in [-0.4, -0.2) is 24.1 Å². The van der Waals surface area contributed by atoms with E-state index in [4.69, 9.17) is 19.4 Å². The molecule has 0 aliphatic rings. The number of hydrogen-bond donors (Lipinski definition) is 0. The van der Waals surface area contributed by atoms with Gasteiger partial charge in [-0.1, -0.05) is 133 Å². The van der Waals surface area contributed by atoms with Crippen LogP contribution in [0.5, 0.6) is 0 Å². The van der Waals surface area contributed by atoms with Crippen molar-refractivity contribution in [1.29, 1.82) is 0 Å². The smallest absolute Gasteiger partial charge is 0.238 e. The second-order valence-corrected chi connectivity index (χ2v) is 14.4. The molecule has 266 valence electrons. The van der Waals surface area contributed by atoms with E-state index in [1.165, 1.54) is 0 Å². The second-order valence-electron chi connectivity index (χ2n) is 14.4. The van der Waals surface area contributed by atoms with Gasteiger partial charge in [0.1, 0.15) is 11.2 Å². The maximum atomic E-state index is 6.36. The zero-order valence-electron chi connectivity index (χ0n) is 30.5. The van der Waals surface area contributed by atoms with Gasteiger partial charge in [-0.3, -0.25) is 4.57 Å². The van der Waals surface area contributed by atoms with E-state index in [1.807, 2.05) is 24.3 Å². The molecule has 0 N–H and O–H groups in total. The van der Waals surface area contributed by atoms with Gasteiger partial charge in [-0.25, -0.2) is 4.98 Å². The Morgan fingerprint density at radius 2 is 0.947 bits per heavy atom. The predicted octanol–water partition coefficient (Wildman–Crippen LogP) is 13.0. The van der Waals surface area contributed by atoms with Gasteiger partial charge in [0, 0.05) is 49.1 Å². The van der Waals surface area contributed by atoms with Crippen molar-refractivity contribution in [2.24, 2.45) is 0 Å². The first-order valence-electron chi connectivity index (χ1n) is 19.1. The van der Waals surface area contributed by atoms with Gasteiger partial charge in [-0.15, -0.1) is 0 Å². The molecule has 12 rings (SSSR count). The number of hydrogen-bond acceptors (Lipinski definition) is 4. The van der Waals surface area contributed by atoms with Gasteiger partial charge in [-0.05, 0) is 65.7 Å². The van der Waals surface area contributed by atoms with Crippen molar-refractivity contribution in [2.45, 2.75) is 0 Å². The lowest BCUT2D eigenvalue weighted by Gasteiger charge is -2.12. The number of para-hydroxylation sites is 4. The van der Waals surface area contributed by atoms with E-state index in [0.29, 0.717) is 17.6 Å². The number of furan rings is 1. The fourth-order valence-corrected chi connectivity index (χ4v) is 8.63. The third-order valence-electron chi connectivity index (χ3n) is 11.2. The Labute approximate surface area is 326 Å². The highest BCUT2D eigenvalue weighted by molar-refractivity contribution is 6.26. The van der Waals surface area contributed by atoms with Crippen molar-refractivity contribution in [2.75, 3.05) is 0 Å². The number of nitrogens with zero attached hydrogens (tertiary/aromatic N) is 5. The molecule has 0 fully saturated rings. The van der Waals surface area contributed by atoms with E-state index < -0.39 is 0 Å². The first-order valence-corrected chi connectivity index (χ1v) is 19.1. The molecule has 8 aromatic carbocycles. The molecule has 0 aliphatic carbocycles. The first-order chi connectivity index (χ1) is 28.3. The molecule has 0 radical (unpaired) electrons.